The van der Waals surface area contributed by atoms with Crippen LogP contribution in [-0.2, 0) is 6.54 Å². The number of nitrogens with zero attached hydrogens (tertiary/aromatic N) is 5. The summed E-state index contributed by atoms with van der Waals surface area (Å²) >= 11 is 1.38. The van der Waals surface area contributed by atoms with E-state index in [1.54, 1.807) is 28.3 Å². The van der Waals surface area contributed by atoms with Gasteiger partial charge in [0.1, 0.15) is 12.3 Å². The Labute approximate surface area is 146 Å². The summed E-state index contributed by atoms with van der Waals surface area (Å²) in [6, 6.07) is 2.62. The lowest BCUT2D eigenvalue weighted by molar-refractivity contribution is 0.0638. The molecule has 7 nitrogen and oxygen atoms in total. The van der Waals surface area contributed by atoms with Crippen molar-refractivity contribution in [1.29, 1.82) is 0 Å². The van der Waals surface area contributed by atoms with Crippen molar-refractivity contribution >= 4 is 17.2 Å². The van der Waals surface area contributed by atoms with Crippen LogP contribution in [0.2, 0.25) is 0 Å². The molecule has 0 unspecified atom stereocenters. The molecule has 3 aromatic heterocycles. The SMILES string of the molecule is O=C(c1cscn1)N1Cc2cncn2[C@H](COc2ncccc2F)C1. The molecule has 1 aliphatic heterocycles. The number of carbonyl (C=O) groups excluding carboxylic acids is 1. The maximum atomic E-state index is 13.7. The van der Waals surface area contributed by atoms with Gasteiger partial charge in [0.15, 0.2) is 5.82 Å². The number of aromatic nitrogens is 4. The van der Waals surface area contributed by atoms with Gasteiger partial charge in [0.2, 0.25) is 5.88 Å². The van der Waals surface area contributed by atoms with Gasteiger partial charge in [0.25, 0.3) is 5.91 Å². The Morgan fingerprint density at radius 1 is 1.44 bits per heavy atom. The molecule has 0 spiro atoms. The molecule has 0 N–H and O–H groups in total. The monoisotopic (exact) mass is 359 g/mol. The summed E-state index contributed by atoms with van der Waals surface area (Å²) in [6.45, 7) is 1.05. The highest BCUT2D eigenvalue weighted by Crippen LogP contribution is 2.24. The number of halogens is 1. The van der Waals surface area contributed by atoms with E-state index in [0.717, 1.165) is 5.69 Å². The standard InChI is InChI=1S/C16H14FN5O2S/c17-13-2-1-3-19-15(13)24-7-12-6-21(5-11-4-18-9-22(11)12)16(23)14-8-25-10-20-14/h1-4,8-10,12H,5-7H2/t12-/m0/s1. The highest BCUT2D eigenvalue weighted by Gasteiger charge is 2.30. The van der Waals surface area contributed by atoms with Crippen LogP contribution < -0.4 is 4.74 Å². The first kappa shape index (κ1) is 15.7. The average molecular weight is 359 g/mol. The summed E-state index contributed by atoms with van der Waals surface area (Å²) in [4.78, 5) is 26.4. The smallest absolute Gasteiger partial charge is 0.273 e. The fourth-order valence-corrected chi connectivity index (χ4v) is 3.33. The first-order valence-electron chi connectivity index (χ1n) is 7.64. The Balaban J connectivity index is 1.53. The summed E-state index contributed by atoms with van der Waals surface area (Å²) in [5.74, 6) is -0.700. The second-order valence-electron chi connectivity index (χ2n) is 5.61. The minimum Gasteiger partial charge on any atom is -0.473 e. The molecule has 0 saturated heterocycles. The van der Waals surface area contributed by atoms with Crippen LogP contribution in [0.25, 0.3) is 0 Å². The number of hydrogen-bond acceptors (Lipinski definition) is 6. The van der Waals surface area contributed by atoms with Gasteiger partial charge in [-0.25, -0.2) is 19.3 Å². The maximum absolute atomic E-state index is 13.7. The van der Waals surface area contributed by atoms with Gasteiger partial charge in [0, 0.05) is 24.3 Å². The molecule has 0 bridgehead atoms. The predicted molar refractivity (Wildman–Crippen MR) is 87.8 cm³/mol. The van der Waals surface area contributed by atoms with Crippen molar-refractivity contribution in [3.8, 4) is 5.88 Å². The molecule has 9 heteroatoms. The minimum atomic E-state index is -0.514. The number of imidazole rings is 1. The summed E-state index contributed by atoms with van der Waals surface area (Å²) in [7, 11) is 0. The summed E-state index contributed by atoms with van der Waals surface area (Å²) < 4.78 is 21.2. The van der Waals surface area contributed by atoms with Crippen molar-refractivity contribution in [3.63, 3.8) is 0 Å². The molecule has 0 radical (unpaired) electrons. The van der Waals surface area contributed by atoms with E-state index in [9.17, 15) is 9.18 Å². The molecule has 0 aliphatic carbocycles. The number of ether oxygens (including phenoxy) is 1. The van der Waals surface area contributed by atoms with Crippen LogP contribution in [0.5, 0.6) is 5.88 Å². The molecule has 0 fully saturated rings. The number of pyridine rings is 1. The summed E-state index contributed by atoms with van der Waals surface area (Å²) in [6.07, 6.45) is 4.89. The van der Waals surface area contributed by atoms with Crippen LogP contribution in [0.15, 0.2) is 41.7 Å². The summed E-state index contributed by atoms with van der Waals surface area (Å²) in [5.41, 5.74) is 2.95. The number of carbonyl (C=O) groups is 1. The number of rotatable bonds is 4. The van der Waals surface area contributed by atoms with E-state index in [0.29, 0.717) is 18.8 Å². The van der Waals surface area contributed by atoms with Gasteiger partial charge in [-0.3, -0.25) is 4.79 Å². The molecule has 1 aliphatic rings. The van der Waals surface area contributed by atoms with Crippen molar-refractivity contribution in [1.82, 2.24) is 24.4 Å². The highest BCUT2D eigenvalue weighted by atomic mass is 32.1. The second kappa shape index (κ2) is 6.60. The van der Waals surface area contributed by atoms with Gasteiger partial charge < -0.3 is 14.2 Å². The molecular weight excluding hydrogens is 345 g/mol. The lowest BCUT2D eigenvalue weighted by atomic mass is 10.2. The normalized spacial score (nSPS) is 16.5. The lowest BCUT2D eigenvalue weighted by Crippen LogP contribution is -2.42. The fourth-order valence-electron chi connectivity index (χ4n) is 2.81. The van der Waals surface area contributed by atoms with E-state index in [1.165, 1.54) is 29.7 Å². The zero-order chi connectivity index (χ0) is 17.2. The van der Waals surface area contributed by atoms with Gasteiger partial charge in [0.05, 0.1) is 30.1 Å². The van der Waals surface area contributed by atoms with Gasteiger partial charge in [-0.1, -0.05) is 0 Å². The van der Waals surface area contributed by atoms with Crippen molar-refractivity contribution in [3.05, 3.63) is 58.9 Å². The number of fused-ring (bicyclic) bond motifs is 1. The molecular formula is C16H14FN5O2S. The predicted octanol–water partition coefficient (Wildman–Crippen LogP) is 2.15. The fraction of sp³-hybridized carbons (Fsp3) is 0.250. The van der Waals surface area contributed by atoms with Crippen molar-refractivity contribution in [2.75, 3.05) is 13.2 Å². The van der Waals surface area contributed by atoms with Crippen molar-refractivity contribution in [2.45, 2.75) is 12.6 Å². The molecule has 4 heterocycles. The van der Waals surface area contributed by atoms with Gasteiger partial charge in [-0.2, -0.15) is 0 Å². The molecule has 25 heavy (non-hydrogen) atoms. The van der Waals surface area contributed by atoms with Crippen LogP contribution in [0.4, 0.5) is 4.39 Å². The molecule has 4 rings (SSSR count). The van der Waals surface area contributed by atoms with Crippen LogP contribution in [0.3, 0.4) is 0 Å². The zero-order valence-electron chi connectivity index (χ0n) is 13.1. The zero-order valence-corrected chi connectivity index (χ0v) is 13.9. The second-order valence-corrected chi connectivity index (χ2v) is 6.33. The van der Waals surface area contributed by atoms with Gasteiger partial charge in [-0.05, 0) is 12.1 Å². The van der Waals surface area contributed by atoms with Crippen LogP contribution in [0, 0.1) is 5.82 Å². The first-order chi connectivity index (χ1) is 12.2. The first-order valence-corrected chi connectivity index (χ1v) is 8.58. The topological polar surface area (TPSA) is 73.1 Å². The van der Waals surface area contributed by atoms with Gasteiger partial charge in [-0.15, -0.1) is 11.3 Å². The Kier molecular flexibility index (Phi) is 4.14. The molecule has 3 aromatic rings. The van der Waals surface area contributed by atoms with Gasteiger partial charge >= 0.3 is 0 Å². The van der Waals surface area contributed by atoms with E-state index >= 15 is 0 Å². The van der Waals surface area contributed by atoms with Crippen molar-refractivity contribution < 1.29 is 13.9 Å². The summed E-state index contributed by atoms with van der Waals surface area (Å²) in [5, 5.41) is 1.73. The number of hydrogen-bond donors (Lipinski definition) is 0. The highest BCUT2D eigenvalue weighted by molar-refractivity contribution is 7.07. The molecule has 1 atom stereocenters. The Morgan fingerprint density at radius 2 is 2.36 bits per heavy atom. The van der Waals surface area contributed by atoms with E-state index < -0.39 is 5.82 Å². The molecule has 0 aromatic carbocycles. The third kappa shape index (κ3) is 3.10. The quantitative estimate of drug-likeness (QED) is 0.714. The van der Waals surface area contributed by atoms with Crippen molar-refractivity contribution in [2.24, 2.45) is 0 Å². The van der Waals surface area contributed by atoms with E-state index in [-0.39, 0.29) is 24.4 Å². The third-order valence-electron chi connectivity index (χ3n) is 4.00. The maximum Gasteiger partial charge on any atom is 0.273 e. The molecule has 128 valence electrons. The minimum absolute atomic E-state index is 0.0490. The lowest BCUT2D eigenvalue weighted by Gasteiger charge is -2.33. The largest absolute Gasteiger partial charge is 0.473 e. The average Bonchev–Trinajstić information content (AvgIpc) is 3.31. The molecule has 0 saturated carbocycles. The van der Waals surface area contributed by atoms with Crippen LogP contribution in [-0.4, -0.2) is 43.5 Å². The van der Waals surface area contributed by atoms with Crippen LogP contribution in [0.1, 0.15) is 22.2 Å². The third-order valence-corrected chi connectivity index (χ3v) is 4.59. The Hall–Kier alpha value is -2.81. The molecule has 1 amide bonds. The number of thiazole rings is 1. The van der Waals surface area contributed by atoms with E-state index in [2.05, 4.69) is 15.0 Å². The van der Waals surface area contributed by atoms with E-state index in [4.69, 9.17) is 4.74 Å². The number of amides is 1. The Bertz CT molecular complexity index is 882. The van der Waals surface area contributed by atoms with E-state index in [1.807, 2.05) is 4.57 Å². The Morgan fingerprint density at radius 3 is 3.16 bits per heavy atom. The van der Waals surface area contributed by atoms with Crippen LogP contribution >= 0.6 is 11.3 Å².